The van der Waals surface area contributed by atoms with Crippen LogP contribution in [-0.2, 0) is 20.1 Å². The SMILES string of the molecule is Cc1[c-]c(-c2ccccn2)c(C)cc1.[Ir]. The second kappa shape index (κ2) is 5.20. The van der Waals surface area contributed by atoms with Crippen LogP contribution in [0, 0.1) is 19.9 Å². The molecule has 0 amide bonds. The fraction of sp³-hybridized carbons (Fsp3) is 0.154. The molecule has 1 aromatic carbocycles. The molecule has 0 spiro atoms. The minimum Gasteiger partial charge on any atom is -0.305 e. The molecule has 0 fully saturated rings. The molecule has 1 aromatic heterocycles. The molecule has 1 heterocycles. The van der Waals surface area contributed by atoms with Crippen LogP contribution in [0.3, 0.4) is 0 Å². The van der Waals surface area contributed by atoms with E-state index in [4.69, 9.17) is 0 Å². The standard InChI is InChI=1S/C13H12N.Ir/c1-10-6-7-11(2)12(9-10)13-5-3-4-8-14-13;/h3-8H,1-2H3;/q-1;. The Morgan fingerprint density at radius 2 is 1.87 bits per heavy atom. The third-order valence-corrected chi connectivity index (χ3v) is 2.22. The van der Waals surface area contributed by atoms with E-state index >= 15 is 0 Å². The third-order valence-electron chi connectivity index (χ3n) is 2.22. The van der Waals surface area contributed by atoms with Gasteiger partial charge in [0.1, 0.15) is 0 Å². The molecule has 0 aliphatic heterocycles. The van der Waals surface area contributed by atoms with Crippen molar-refractivity contribution in [3.05, 3.63) is 53.7 Å². The summed E-state index contributed by atoms with van der Waals surface area (Å²) in [7, 11) is 0. The van der Waals surface area contributed by atoms with Gasteiger partial charge in [-0.15, -0.1) is 34.9 Å². The van der Waals surface area contributed by atoms with Gasteiger partial charge in [0, 0.05) is 26.3 Å². The van der Waals surface area contributed by atoms with Crippen LogP contribution in [0.2, 0.25) is 0 Å². The van der Waals surface area contributed by atoms with Gasteiger partial charge < -0.3 is 4.98 Å². The summed E-state index contributed by atoms with van der Waals surface area (Å²) in [6.07, 6.45) is 1.81. The fourth-order valence-corrected chi connectivity index (χ4v) is 1.45. The van der Waals surface area contributed by atoms with Crippen molar-refractivity contribution >= 4 is 0 Å². The number of aryl methyl sites for hydroxylation is 2. The summed E-state index contributed by atoms with van der Waals surface area (Å²) in [4.78, 5) is 4.32. The zero-order chi connectivity index (χ0) is 9.97. The molecule has 0 unspecified atom stereocenters. The van der Waals surface area contributed by atoms with E-state index in [9.17, 15) is 0 Å². The van der Waals surface area contributed by atoms with Gasteiger partial charge in [0.15, 0.2) is 0 Å². The Morgan fingerprint density at radius 3 is 2.53 bits per heavy atom. The summed E-state index contributed by atoms with van der Waals surface area (Å²) < 4.78 is 0. The zero-order valence-corrected chi connectivity index (χ0v) is 11.1. The first kappa shape index (κ1) is 12.1. The molecule has 2 aromatic rings. The van der Waals surface area contributed by atoms with E-state index < -0.39 is 0 Å². The average Bonchev–Trinajstić information content (AvgIpc) is 2.23. The van der Waals surface area contributed by atoms with E-state index in [-0.39, 0.29) is 20.1 Å². The van der Waals surface area contributed by atoms with Gasteiger partial charge in [0.25, 0.3) is 0 Å². The van der Waals surface area contributed by atoms with Gasteiger partial charge in [-0.1, -0.05) is 26.0 Å². The Bertz CT molecular complexity index is 438. The fourth-order valence-electron chi connectivity index (χ4n) is 1.45. The molecule has 0 aliphatic carbocycles. The van der Waals surface area contributed by atoms with Crippen molar-refractivity contribution in [2.45, 2.75) is 13.8 Å². The molecular formula is C13H12IrN-. The average molecular weight is 374 g/mol. The van der Waals surface area contributed by atoms with Crippen LogP contribution in [0.1, 0.15) is 11.1 Å². The molecule has 2 rings (SSSR count). The van der Waals surface area contributed by atoms with Gasteiger partial charge in [-0.05, 0) is 11.8 Å². The molecule has 2 heteroatoms. The van der Waals surface area contributed by atoms with Crippen molar-refractivity contribution in [1.29, 1.82) is 0 Å². The Morgan fingerprint density at radius 1 is 1.07 bits per heavy atom. The predicted molar refractivity (Wildman–Crippen MR) is 58.0 cm³/mol. The predicted octanol–water partition coefficient (Wildman–Crippen LogP) is 3.16. The number of pyridine rings is 1. The Hall–Kier alpha value is -0.981. The van der Waals surface area contributed by atoms with Gasteiger partial charge in [-0.25, -0.2) is 0 Å². The van der Waals surface area contributed by atoms with Crippen molar-refractivity contribution in [3.8, 4) is 11.3 Å². The van der Waals surface area contributed by atoms with Crippen LogP contribution >= 0.6 is 0 Å². The van der Waals surface area contributed by atoms with Gasteiger partial charge in [-0.3, -0.25) is 0 Å². The molecule has 1 radical (unpaired) electrons. The maximum Gasteiger partial charge on any atom is 0.0160 e. The van der Waals surface area contributed by atoms with Crippen molar-refractivity contribution in [1.82, 2.24) is 4.98 Å². The number of hydrogen-bond acceptors (Lipinski definition) is 1. The summed E-state index contributed by atoms with van der Waals surface area (Å²) in [6, 6.07) is 13.4. The second-order valence-electron chi connectivity index (χ2n) is 3.41. The number of rotatable bonds is 1. The first-order valence-corrected chi connectivity index (χ1v) is 4.68. The topological polar surface area (TPSA) is 12.9 Å². The molecule has 79 valence electrons. The van der Waals surface area contributed by atoms with Crippen molar-refractivity contribution in [3.63, 3.8) is 0 Å². The van der Waals surface area contributed by atoms with E-state index in [0.717, 1.165) is 16.8 Å². The molecule has 0 saturated heterocycles. The maximum atomic E-state index is 4.32. The Kier molecular flexibility index (Phi) is 4.19. The maximum absolute atomic E-state index is 4.32. The van der Waals surface area contributed by atoms with Crippen LogP contribution < -0.4 is 0 Å². The van der Waals surface area contributed by atoms with Crippen LogP contribution in [0.5, 0.6) is 0 Å². The van der Waals surface area contributed by atoms with Crippen LogP contribution in [0.15, 0.2) is 36.5 Å². The third kappa shape index (κ3) is 2.74. The van der Waals surface area contributed by atoms with Crippen LogP contribution in [0.4, 0.5) is 0 Å². The van der Waals surface area contributed by atoms with E-state index in [1.807, 2.05) is 31.3 Å². The van der Waals surface area contributed by atoms with Gasteiger partial charge >= 0.3 is 0 Å². The van der Waals surface area contributed by atoms with E-state index in [2.05, 4.69) is 30.1 Å². The molecule has 0 aliphatic rings. The molecule has 0 saturated carbocycles. The Labute approximate surface area is 104 Å². The van der Waals surface area contributed by atoms with Crippen LogP contribution in [0.25, 0.3) is 11.3 Å². The first-order chi connectivity index (χ1) is 6.77. The number of nitrogens with zero attached hydrogens (tertiary/aromatic N) is 1. The van der Waals surface area contributed by atoms with E-state index in [0.29, 0.717) is 0 Å². The summed E-state index contributed by atoms with van der Waals surface area (Å²) in [5, 5.41) is 0. The van der Waals surface area contributed by atoms with Crippen molar-refractivity contribution < 1.29 is 20.1 Å². The van der Waals surface area contributed by atoms with Crippen molar-refractivity contribution in [2.75, 3.05) is 0 Å². The smallest absolute Gasteiger partial charge is 0.0160 e. The van der Waals surface area contributed by atoms with Crippen molar-refractivity contribution in [2.24, 2.45) is 0 Å². The van der Waals surface area contributed by atoms with Gasteiger partial charge in [0.05, 0.1) is 0 Å². The molecule has 0 bridgehead atoms. The van der Waals surface area contributed by atoms with Crippen LogP contribution in [-0.4, -0.2) is 4.98 Å². The van der Waals surface area contributed by atoms with E-state index in [1.165, 1.54) is 5.56 Å². The second-order valence-corrected chi connectivity index (χ2v) is 3.41. The number of aromatic nitrogens is 1. The normalized spacial score (nSPS) is 9.47. The van der Waals surface area contributed by atoms with Gasteiger partial charge in [0.2, 0.25) is 0 Å². The summed E-state index contributed by atoms with van der Waals surface area (Å²) in [5.74, 6) is 0. The van der Waals surface area contributed by atoms with Gasteiger partial charge in [-0.2, -0.15) is 0 Å². The number of benzene rings is 1. The molecule has 0 N–H and O–H groups in total. The Balaban J connectivity index is 0.00000112. The summed E-state index contributed by atoms with van der Waals surface area (Å²) in [5.41, 5.74) is 4.46. The monoisotopic (exact) mass is 375 g/mol. The minimum absolute atomic E-state index is 0. The summed E-state index contributed by atoms with van der Waals surface area (Å²) in [6.45, 7) is 4.13. The number of hydrogen-bond donors (Lipinski definition) is 0. The van der Waals surface area contributed by atoms with E-state index in [1.54, 1.807) is 0 Å². The minimum atomic E-state index is 0. The molecule has 1 nitrogen and oxygen atoms in total. The quantitative estimate of drug-likeness (QED) is 0.699. The largest absolute Gasteiger partial charge is 0.305 e. The molecular weight excluding hydrogens is 362 g/mol. The first-order valence-electron chi connectivity index (χ1n) is 4.68. The summed E-state index contributed by atoms with van der Waals surface area (Å²) >= 11 is 0. The molecule has 15 heavy (non-hydrogen) atoms. The zero-order valence-electron chi connectivity index (χ0n) is 8.74. The molecule has 0 atom stereocenters.